The first-order valence-corrected chi connectivity index (χ1v) is 9.77. The minimum absolute atomic E-state index is 0.117. The minimum atomic E-state index is -2.61. The molecule has 0 bridgehead atoms. The van der Waals surface area contributed by atoms with Crippen molar-refractivity contribution in [2.24, 2.45) is 5.41 Å². The first-order chi connectivity index (χ1) is 10.5. The SMILES string of the molecule is CC(C)(C)C1CCO[Si](c2ccccc2)(c2ccccc2)O1. The van der Waals surface area contributed by atoms with Crippen molar-refractivity contribution in [3.8, 4) is 0 Å². The molecule has 0 aromatic heterocycles. The van der Waals surface area contributed by atoms with Gasteiger partial charge in [0.2, 0.25) is 0 Å². The summed E-state index contributed by atoms with van der Waals surface area (Å²) < 4.78 is 13.1. The largest absolute Gasteiger partial charge is 0.407 e. The molecule has 2 aromatic carbocycles. The molecule has 116 valence electrons. The molecule has 3 heteroatoms. The van der Waals surface area contributed by atoms with Crippen molar-refractivity contribution in [1.82, 2.24) is 0 Å². The molecule has 1 aliphatic rings. The van der Waals surface area contributed by atoms with E-state index in [1.54, 1.807) is 0 Å². The lowest BCUT2D eigenvalue weighted by Gasteiger charge is -2.44. The van der Waals surface area contributed by atoms with Crippen LogP contribution >= 0.6 is 0 Å². The van der Waals surface area contributed by atoms with Gasteiger partial charge in [-0.15, -0.1) is 0 Å². The van der Waals surface area contributed by atoms with Crippen LogP contribution in [0, 0.1) is 5.41 Å². The van der Waals surface area contributed by atoms with Gasteiger partial charge in [-0.2, -0.15) is 0 Å². The zero-order chi connectivity index (χ0) is 15.6. The van der Waals surface area contributed by atoms with Gasteiger partial charge in [-0.25, -0.2) is 0 Å². The van der Waals surface area contributed by atoms with Crippen LogP contribution in [0.25, 0.3) is 0 Å². The van der Waals surface area contributed by atoms with Crippen LogP contribution in [0.15, 0.2) is 60.7 Å². The van der Waals surface area contributed by atoms with Gasteiger partial charge in [0.1, 0.15) is 0 Å². The second-order valence-electron chi connectivity index (χ2n) is 6.96. The van der Waals surface area contributed by atoms with Crippen molar-refractivity contribution in [3.05, 3.63) is 60.7 Å². The highest BCUT2D eigenvalue weighted by atomic mass is 28.4. The molecule has 1 saturated heterocycles. The van der Waals surface area contributed by atoms with E-state index in [-0.39, 0.29) is 11.5 Å². The summed E-state index contributed by atoms with van der Waals surface area (Å²) in [5.41, 5.74) is 0.117. The Balaban J connectivity index is 2.08. The van der Waals surface area contributed by atoms with E-state index >= 15 is 0 Å². The summed E-state index contributed by atoms with van der Waals surface area (Å²) in [5, 5.41) is 2.38. The van der Waals surface area contributed by atoms with E-state index in [1.165, 1.54) is 10.4 Å². The first-order valence-electron chi connectivity index (χ1n) is 7.95. The Kier molecular flexibility index (Phi) is 4.21. The number of hydrogen-bond donors (Lipinski definition) is 0. The van der Waals surface area contributed by atoms with Gasteiger partial charge in [-0.3, -0.25) is 0 Å². The number of hydrogen-bond acceptors (Lipinski definition) is 2. The van der Waals surface area contributed by atoms with Crippen LogP contribution in [0.5, 0.6) is 0 Å². The molecule has 0 saturated carbocycles. The molecule has 2 nitrogen and oxygen atoms in total. The summed E-state index contributed by atoms with van der Waals surface area (Å²) in [5.74, 6) is 0. The van der Waals surface area contributed by atoms with Crippen LogP contribution in [0.3, 0.4) is 0 Å². The van der Waals surface area contributed by atoms with Gasteiger partial charge in [0.15, 0.2) is 0 Å². The fourth-order valence-corrected chi connectivity index (χ4v) is 6.54. The van der Waals surface area contributed by atoms with E-state index in [4.69, 9.17) is 8.85 Å². The van der Waals surface area contributed by atoms with Crippen LogP contribution in [0.2, 0.25) is 0 Å². The Labute approximate surface area is 134 Å². The third kappa shape index (κ3) is 2.89. The molecular formula is C19H24O2Si. The Morgan fingerprint density at radius 1 is 0.864 bits per heavy atom. The molecule has 0 aliphatic carbocycles. The average molecular weight is 312 g/mol. The van der Waals surface area contributed by atoms with Gasteiger partial charge in [0.05, 0.1) is 6.10 Å². The Bertz CT molecular complexity index is 565. The molecule has 0 radical (unpaired) electrons. The third-order valence-electron chi connectivity index (χ3n) is 4.27. The predicted octanol–water partition coefficient (Wildman–Crippen LogP) is 3.09. The second kappa shape index (κ2) is 5.99. The van der Waals surface area contributed by atoms with Crippen molar-refractivity contribution >= 4 is 18.9 Å². The molecule has 1 atom stereocenters. The van der Waals surface area contributed by atoms with Gasteiger partial charge >= 0.3 is 8.56 Å². The maximum atomic E-state index is 6.73. The third-order valence-corrected chi connectivity index (χ3v) is 7.68. The molecule has 2 aromatic rings. The normalized spacial score (nSPS) is 21.5. The highest BCUT2D eigenvalue weighted by Crippen LogP contribution is 2.31. The Hall–Kier alpha value is -1.42. The molecule has 1 fully saturated rings. The van der Waals surface area contributed by atoms with Crippen molar-refractivity contribution in [2.75, 3.05) is 6.61 Å². The van der Waals surface area contributed by atoms with Gasteiger partial charge in [-0.1, -0.05) is 81.4 Å². The predicted molar refractivity (Wildman–Crippen MR) is 92.8 cm³/mol. The standard InChI is InChI=1S/C19H24O2Si/c1-19(2,3)18-14-15-20-22(21-18,16-10-6-4-7-11-16)17-12-8-5-9-13-17/h4-13,18H,14-15H2,1-3H3. The molecule has 1 aliphatic heterocycles. The van der Waals surface area contributed by atoms with E-state index < -0.39 is 8.56 Å². The van der Waals surface area contributed by atoms with Crippen LogP contribution in [0.4, 0.5) is 0 Å². The minimum Gasteiger partial charge on any atom is -0.388 e. The summed E-state index contributed by atoms with van der Waals surface area (Å²) in [6, 6.07) is 20.9. The lowest BCUT2D eigenvalue weighted by molar-refractivity contribution is -0.00155. The van der Waals surface area contributed by atoms with Gasteiger partial charge in [0, 0.05) is 6.61 Å². The van der Waals surface area contributed by atoms with Crippen LogP contribution in [-0.4, -0.2) is 21.3 Å². The topological polar surface area (TPSA) is 18.5 Å². The van der Waals surface area contributed by atoms with E-state index in [9.17, 15) is 0 Å². The fraction of sp³-hybridized carbons (Fsp3) is 0.368. The average Bonchev–Trinajstić information content (AvgIpc) is 2.56. The highest BCUT2D eigenvalue weighted by molar-refractivity contribution is 6.92. The summed E-state index contributed by atoms with van der Waals surface area (Å²) in [4.78, 5) is 0. The monoisotopic (exact) mass is 312 g/mol. The van der Waals surface area contributed by atoms with Crippen LogP contribution in [0.1, 0.15) is 27.2 Å². The molecule has 0 amide bonds. The highest BCUT2D eigenvalue weighted by Gasteiger charge is 2.49. The van der Waals surface area contributed by atoms with Crippen LogP contribution < -0.4 is 10.4 Å². The van der Waals surface area contributed by atoms with Crippen LogP contribution in [-0.2, 0) is 8.85 Å². The fourth-order valence-electron chi connectivity index (χ4n) is 3.00. The summed E-state index contributed by atoms with van der Waals surface area (Å²) >= 11 is 0. The molecule has 22 heavy (non-hydrogen) atoms. The van der Waals surface area contributed by atoms with E-state index in [0.29, 0.717) is 0 Å². The second-order valence-corrected chi connectivity index (χ2v) is 9.87. The van der Waals surface area contributed by atoms with Gasteiger partial charge in [-0.05, 0) is 22.2 Å². The lowest BCUT2D eigenvalue weighted by Crippen LogP contribution is -2.68. The van der Waals surface area contributed by atoms with Crippen molar-refractivity contribution in [3.63, 3.8) is 0 Å². The maximum Gasteiger partial charge on any atom is 0.407 e. The smallest absolute Gasteiger partial charge is 0.388 e. The van der Waals surface area contributed by atoms with Gasteiger partial charge in [0.25, 0.3) is 0 Å². The number of rotatable bonds is 2. The first kappa shape index (κ1) is 15.5. The van der Waals surface area contributed by atoms with Gasteiger partial charge < -0.3 is 8.85 Å². The molecule has 1 unspecified atom stereocenters. The molecular weight excluding hydrogens is 288 g/mol. The summed E-state index contributed by atoms with van der Waals surface area (Å²) in [6.45, 7) is 7.51. The zero-order valence-electron chi connectivity index (χ0n) is 13.6. The molecule has 3 rings (SSSR count). The molecule has 0 N–H and O–H groups in total. The summed E-state index contributed by atoms with van der Waals surface area (Å²) in [7, 11) is -2.61. The Morgan fingerprint density at radius 2 is 1.36 bits per heavy atom. The quantitative estimate of drug-likeness (QED) is 0.793. The zero-order valence-corrected chi connectivity index (χ0v) is 14.6. The maximum absolute atomic E-state index is 6.73. The van der Waals surface area contributed by atoms with Crippen molar-refractivity contribution < 1.29 is 8.85 Å². The Morgan fingerprint density at radius 3 is 1.82 bits per heavy atom. The number of benzene rings is 2. The van der Waals surface area contributed by atoms with E-state index in [0.717, 1.165) is 13.0 Å². The molecule has 0 spiro atoms. The van der Waals surface area contributed by atoms with Crippen molar-refractivity contribution in [1.29, 1.82) is 0 Å². The van der Waals surface area contributed by atoms with Crippen molar-refractivity contribution in [2.45, 2.75) is 33.3 Å². The molecule has 1 heterocycles. The van der Waals surface area contributed by atoms with E-state index in [1.807, 2.05) is 12.1 Å². The van der Waals surface area contributed by atoms with E-state index in [2.05, 4.69) is 69.3 Å². The lowest BCUT2D eigenvalue weighted by atomic mass is 9.87. The summed E-state index contributed by atoms with van der Waals surface area (Å²) in [6.07, 6.45) is 1.17.